The van der Waals surface area contributed by atoms with E-state index in [0.29, 0.717) is 39.7 Å². The maximum absolute atomic E-state index is 13.2. The number of allylic oxidation sites excluding steroid dienone is 1. The van der Waals surface area contributed by atoms with Crippen molar-refractivity contribution in [2.45, 2.75) is 52.2 Å². The van der Waals surface area contributed by atoms with Gasteiger partial charge in [-0.25, -0.2) is 4.79 Å². The first-order valence-electron chi connectivity index (χ1n) is 10.0. The third kappa shape index (κ3) is 4.66. The second kappa shape index (κ2) is 9.03. The van der Waals surface area contributed by atoms with Crippen molar-refractivity contribution in [3.63, 3.8) is 0 Å². The van der Waals surface area contributed by atoms with Gasteiger partial charge in [-0.15, -0.1) is 0 Å². The fourth-order valence-corrected chi connectivity index (χ4v) is 4.35. The van der Waals surface area contributed by atoms with Crippen LogP contribution in [0.15, 0.2) is 29.5 Å². The van der Waals surface area contributed by atoms with Crippen LogP contribution in [-0.4, -0.2) is 31.4 Å². The molecule has 1 aromatic carbocycles. The number of esters is 1. The highest BCUT2D eigenvalue weighted by Crippen LogP contribution is 2.37. The maximum atomic E-state index is 13.2. The van der Waals surface area contributed by atoms with E-state index >= 15 is 0 Å². The molecule has 0 spiro atoms. The summed E-state index contributed by atoms with van der Waals surface area (Å²) in [6.45, 7) is 6.33. The zero-order valence-corrected chi connectivity index (χ0v) is 18.5. The number of ether oxygens (including phenoxy) is 3. The lowest BCUT2D eigenvalue weighted by molar-refractivity contribution is -0.147. The number of rotatable bonds is 5. The fraction of sp³-hybridized carbons (Fsp3) is 0.545. The predicted molar refractivity (Wildman–Crippen MR) is 116 cm³/mol. The third-order valence-electron chi connectivity index (χ3n) is 6.06. The van der Waals surface area contributed by atoms with Crippen molar-refractivity contribution in [2.75, 3.05) is 14.2 Å². The Hall–Kier alpha value is -2.28. The normalized spacial score (nSPS) is 27.0. The first-order chi connectivity index (χ1) is 13.8. The van der Waals surface area contributed by atoms with Crippen LogP contribution in [0.4, 0.5) is 0 Å². The maximum Gasteiger partial charge on any atom is 0.338 e. The van der Waals surface area contributed by atoms with E-state index in [9.17, 15) is 4.79 Å². The van der Waals surface area contributed by atoms with E-state index in [2.05, 4.69) is 24.5 Å². The molecule has 158 valence electrons. The molecule has 1 heterocycles. The summed E-state index contributed by atoms with van der Waals surface area (Å²) >= 11 is 5.35. The average Bonchev–Trinajstić information content (AvgIpc) is 2.69. The third-order valence-corrected chi connectivity index (χ3v) is 6.28. The zero-order valence-electron chi connectivity index (χ0n) is 17.7. The van der Waals surface area contributed by atoms with Gasteiger partial charge in [-0.05, 0) is 68.4 Å². The van der Waals surface area contributed by atoms with Crippen molar-refractivity contribution in [1.29, 1.82) is 0 Å². The van der Waals surface area contributed by atoms with Crippen molar-refractivity contribution in [2.24, 2.45) is 11.8 Å². The first kappa shape index (κ1) is 21.4. The molecule has 1 aromatic rings. The molecule has 2 aliphatic rings. The standard InChI is InChI=1S/C22H30N2O4S/c1-12-6-7-16(10-13(12)2)28-21(25)19-14(3)23-22(29)24-20(19)17-11-15(26-4)8-9-18(17)27-5/h8-9,11-13,16,20H,6-7,10H2,1-5H3,(H2,23,24,29)/t12-,13-,16+,20-/m0/s1. The van der Waals surface area contributed by atoms with E-state index < -0.39 is 6.04 Å². The molecule has 2 N–H and O–H groups in total. The summed E-state index contributed by atoms with van der Waals surface area (Å²) in [7, 11) is 3.21. The highest BCUT2D eigenvalue weighted by Gasteiger charge is 2.35. The van der Waals surface area contributed by atoms with Gasteiger partial charge in [-0.1, -0.05) is 13.8 Å². The molecule has 29 heavy (non-hydrogen) atoms. The van der Waals surface area contributed by atoms with E-state index in [1.807, 2.05) is 25.1 Å². The predicted octanol–water partition coefficient (Wildman–Crippen LogP) is 3.86. The molecule has 7 heteroatoms. The lowest BCUT2D eigenvalue weighted by Crippen LogP contribution is -2.45. The summed E-state index contributed by atoms with van der Waals surface area (Å²) in [5.74, 6) is 2.20. The van der Waals surface area contributed by atoms with Crippen LogP contribution in [0.5, 0.6) is 11.5 Å². The molecule has 0 unspecified atom stereocenters. The van der Waals surface area contributed by atoms with Gasteiger partial charge < -0.3 is 24.8 Å². The van der Waals surface area contributed by atoms with E-state index in [1.165, 1.54) is 0 Å². The van der Waals surface area contributed by atoms with Crippen LogP contribution in [0.1, 0.15) is 51.6 Å². The van der Waals surface area contributed by atoms with Gasteiger partial charge in [0.15, 0.2) is 5.11 Å². The molecule has 1 fully saturated rings. The minimum absolute atomic E-state index is 0.0595. The Kier molecular flexibility index (Phi) is 6.67. The molecular weight excluding hydrogens is 388 g/mol. The van der Waals surface area contributed by atoms with Gasteiger partial charge >= 0.3 is 5.97 Å². The van der Waals surface area contributed by atoms with E-state index in [4.69, 9.17) is 26.4 Å². The smallest absolute Gasteiger partial charge is 0.338 e. The minimum atomic E-state index is -0.485. The van der Waals surface area contributed by atoms with Crippen LogP contribution in [0, 0.1) is 11.8 Å². The Morgan fingerprint density at radius 3 is 2.55 bits per heavy atom. The van der Waals surface area contributed by atoms with Gasteiger partial charge in [-0.2, -0.15) is 0 Å². The molecule has 6 nitrogen and oxygen atoms in total. The minimum Gasteiger partial charge on any atom is -0.497 e. The van der Waals surface area contributed by atoms with Gasteiger partial charge in [0.05, 0.1) is 25.8 Å². The van der Waals surface area contributed by atoms with Gasteiger partial charge in [0, 0.05) is 11.3 Å². The molecule has 0 bridgehead atoms. The molecule has 0 radical (unpaired) electrons. The number of nitrogens with one attached hydrogen (secondary N) is 2. The van der Waals surface area contributed by atoms with Gasteiger partial charge in [-0.3, -0.25) is 0 Å². The average molecular weight is 419 g/mol. The molecule has 0 aromatic heterocycles. The SMILES string of the molecule is COc1ccc(OC)c([C@@H]2NC(=S)NC(C)=C2C(=O)O[C@@H]2CC[C@H](C)[C@@H](C)C2)c1. The van der Waals surface area contributed by atoms with Crippen molar-refractivity contribution in [3.05, 3.63) is 35.0 Å². The van der Waals surface area contributed by atoms with Gasteiger partial charge in [0.1, 0.15) is 17.6 Å². The van der Waals surface area contributed by atoms with Crippen LogP contribution >= 0.6 is 12.2 Å². The lowest BCUT2D eigenvalue weighted by Gasteiger charge is -2.34. The summed E-state index contributed by atoms with van der Waals surface area (Å²) in [6.07, 6.45) is 2.81. The van der Waals surface area contributed by atoms with Crippen LogP contribution in [0.3, 0.4) is 0 Å². The molecule has 1 aliphatic carbocycles. The molecule has 0 saturated heterocycles. The van der Waals surface area contributed by atoms with E-state index in [0.717, 1.165) is 24.8 Å². The Bertz CT molecular complexity index is 823. The lowest BCUT2D eigenvalue weighted by atomic mass is 9.80. The quantitative estimate of drug-likeness (QED) is 0.556. The molecule has 3 rings (SSSR count). The number of methoxy groups -OCH3 is 2. The number of carbonyl (C=O) groups excluding carboxylic acids is 1. The summed E-state index contributed by atoms with van der Waals surface area (Å²) in [5.41, 5.74) is 1.97. The van der Waals surface area contributed by atoms with E-state index in [1.54, 1.807) is 14.2 Å². The number of hydrogen-bond donors (Lipinski definition) is 2. The molecular formula is C22H30N2O4S. The molecule has 4 atom stereocenters. The zero-order chi connectivity index (χ0) is 21.1. The van der Waals surface area contributed by atoms with Gasteiger partial charge in [0.25, 0.3) is 0 Å². The van der Waals surface area contributed by atoms with Crippen molar-refractivity contribution >= 4 is 23.3 Å². The summed E-state index contributed by atoms with van der Waals surface area (Å²) in [6, 6.07) is 5.01. The Balaban J connectivity index is 1.91. The highest BCUT2D eigenvalue weighted by molar-refractivity contribution is 7.80. The molecule has 0 amide bonds. The van der Waals surface area contributed by atoms with Crippen LogP contribution in [0.2, 0.25) is 0 Å². The number of hydrogen-bond acceptors (Lipinski definition) is 5. The number of benzene rings is 1. The Morgan fingerprint density at radius 1 is 1.14 bits per heavy atom. The number of thiocarbonyl (C=S) groups is 1. The Morgan fingerprint density at radius 2 is 1.90 bits per heavy atom. The van der Waals surface area contributed by atoms with Crippen LogP contribution < -0.4 is 20.1 Å². The largest absolute Gasteiger partial charge is 0.497 e. The van der Waals surface area contributed by atoms with Crippen LogP contribution in [0.25, 0.3) is 0 Å². The second-order valence-electron chi connectivity index (χ2n) is 7.97. The first-order valence-corrected chi connectivity index (χ1v) is 10.5. The number of carbonyl (C=O) groups is 1. The van der Waals surface area contributed by atoms with Crippen molar-refractivity contribution in [1.82, 2.24) is 10.6 Å². The monoisotopic (exact) mass is 418 g/mol. The van der Waals surface area contributed by atoms with E-state index in [-0.39, 0.29) is 12.1 Å². The summed E-state index contributed by atoms with van der Waals surface area (Å²) in [5, 5.41) is 6.71. The van der Waals surface area contributed by atoms with Crippen molar-refractivity contribution < 1.29 is 19.0 Å². The van der Waals surface area contributed by atoms with Crippen molar-refractivity contribution in [3.8, 4) is 11.5 Å². The summed E-state index contributed by atoms with van der Waals surface area (Å²) in [4.78, 5) is 13.2. The Labute approximate surface area is 178 Å². The molecule has 1 saturated carbocycles. The second-order valence-corrected chi connectivity index (χ2v) is 8.38. The molecule has 1 aliphatic heterocycles. The highest BCUT2D eigenvalue weighted by atomic mass is 32.1. The van der Waals surface area contributed by atoms with Crippen LogP contribution in [-0.2, 0) is 9.53 Å². The summed E-state index contributed by atoms with van der Waals surface area (Å²) < 4.78 is 16.9. The fourth-order valence-electron chi connectivity index (χ4n) is 4.08. The van der Waals surface area contributed by atoms with Gasteiger partial charge in [0.2, 0.25) is 0 Å². The topological polar surface area (TPSA) is 68.8 Å².